The summed E-state index contributed by atoms with van der Waals surface area (Å²) in [4.78, 5) is 12.0. The van der Waals surface area contributed by atoms with Gasteiger partial charge in [-0.05, 0) is 30.0 Å². The van der Waals surface area contributed by atoms with Crippen LogP contribution in [0.5, 0.6) is 0 Å². The summed E-state index contributed by atoms with van der Waals surface area (Å²) in [5, 5.41) is 2.63. The molecule has 0 saturated heterocycles. The van der Waals surface area contributed by atoms with E-state index in [0.717, 1.165) is 24.1 Å². The van der Waals surface area contributed by atoms with Gasteiger partial charge in [-0.15, -0.1) is 0 Å². The number of carbonyl (C=O) groups is 1. The monoisotopic (exact) mass is 273 g/mol. The highest BCUT2D eigenvalue weighted by Crippen LogP contribution is 2.47. The second-order valence-corrected chi connectivity index (χ2v) is 4.98. The Morgan fingerprint density at radius 3 is 2.50 bits per heavy atom. The zero-order valence-corrected chi connectivity index (χ0v) is 10.6. The molecule has 4 heteroatoms. The second kappa shape index (κ2) is 5.04. The molecule has 1 amide bonds. The summed E-state index contributed by atoms with van der Waals surface area (Å²) in [5.41, 5.74) is 1.42. The van der Waals surface area contributed by atoms with Crippen LogP contribution in [0.15, 0.2) is 48.5 Å². The van der Waals surface area contributed by atoms with Gasteiger partial charge in [-0.1, -0.05) is 30.3 Å². The first-order valence-electron chi connectivity index (χ1n) is 6.46. The number of amides is 1. The zero-order valence-electron chi connectivity index (χ0n) is 10.6. The first-order chi connectivity index (χ1) is 9.65. The molecule has 0 aliphatic heterocycles. The first-order valence-corrected chi connectivity index (χ1v) is 6.46. The average molecular weight is 273 g/mol. The van der Waals surface area contributed by atoms with Crippen molar-refractivity contribution in [3.63, 3.8) is 0 Å². The van der Waals surface area contributed by atoms with Gasteiger partial charge in [-0.25, -0.2) is 8.78 Å². The van der Waals surface area contributed by atoms with Crippen LogP contribution >= 0.6 is 0 Å². The summed E-state index contributed by atoms with van der Waals surface area (Å²) < 4.78 is 25.9. The molecule has 0 unspecified atom stereocenters. The van der Waals surface area contributed by atoms with E-state index in [1.807, 2.05) is 30.3 Å². The van der Waals surface area contributed by atoms with Crippen LogP contribution in [0.25, 0.3) is 0 Å². The molecular formula is C16H13F2NO. The summed E-state index contributed by atoms with van der Waals surface area (Å²) in [6.45, 7) is 0. The lowest BCUT2D eigenvalue weighted by atomic mass is 10.1. The molecule has 0 spiro atoms. The van der Waals surface area contributed by atoms with Crippen molar-refractivity contribution in [2.45, 2.75) is 12.3 Å². The van der Waals surface area contributed by atoms with Crippen molar-refractivity contribution in [3.05, 3.63) is 65.7 Å². The standard InChI is InChI=1S/C16H13F2NO/c17-14-7-6-11(8-15(14)18)19-16(20)13-9-12(13)10-4-2-1-3-5-10/h1-8,12-13H,9H2,(H,19,20)/t12-,13-/m0/s1. The molecule has 3 rings (SSSR count). The number of benzene rings is 2. The van der Waals surface area contributed by atoms with Gasteiger partial charge < -0.3 is 5.32 Å². The minimum Gasteiger partial charge on any atom is -0.326 e. The molecule has 0 aromatic heterocycles. The fourth-order valence-electron chi connectivity index (χ4n) is 2.36. The number of hydrogen-bond acceptors (Lipinski definition) is 1. The number of hydrogen-bond donors (Lipinski definition) is 1. The van der Waals surface area contributed by atoms with Crippen molar-refractivity contribution in [1.82, 2.24) is 0 Å². The Hall–Kier alpha value is -2.23. The Kier molecular flexibility index (Phi) is 3.22. The number of rotatable bonds is 3. The molecular weight excluding hydrogens is 260 g/mol. The molecule has 1 aliphatic carbocycles. The summed E-state index contributed by atoms with van der Waals surface area (Å²) in [6, 6.07) is 13.2. The fourth-order valence-corrected chi connectivity index (χ4v) is 2.36. The van der Waals surface area contributed by atoms with Crippen LogP contribution in [-0.2, 0) is 4.79 Å². The van der Waals surface area contributed by atoms with Crippen LogP contribution in [-0.4, -0.2) is 5.91 Å². The van der Waals surface area contributed by atoms with Crippen molar-refractivity contribution in [1.29, 1.82) is 0 Å². The fraction of sp³-hybridized carbons (Fsp3) is 0.188. The molecule has 2 nitrogen and oxygen atoms in total. The highest BCUT2D eigenvalue weighted by molar-refractivity contribution is 5.95. The normalized spacial score (nSPS) is 20.5. The van der Waals surface area contributed by atoms with Crippen LogP contribution in [0.3, 0.4) is 0 Å². The topological polar surface area (TPSA) is 29.1 Å². The molecule has 1 aliphatic rings. The van der Waals surface area contributed by atoms with Gasteiger partial charge in [-0.2, -0.15) is 0 Å². The van der Waals surface area contributed by atoms with Crippen molar-refractivity contribution in [3.8, 4) is 0 Å². The van der Waals surface area contributed by atoms with E-state index in [1.165, 1.54) is 6.07 Å². The van der Waals surface area contributed by atoms with E-state index < -0.39 is 11.6 Å². The Morgan fingerprint density at radius 2 is 1.80 bits per heavy atom. The molecule has 2 aromatic carbocycles. The van der Waals surface area contributed by atoms with Crippen LogP contribution in [0, 0.1) is 17.6 Å². The number of nitrogens with one attached hydrogen (secondary N) is 1. The Labute approximate surface area is 115 Å². The van der Waals surface area contributed by atoms with Gasteiger partial charge in [0.1, 0.15) is 0 Å². The van der Waals surface area contributed by atoms with E-state index in [2.05, 4.69) is 5.32 Å². The molecule has 0 radical (unpaired) electrons. The molecule has 1 saturated carbocycles. The summed E-state index contributed by atoms with van der Waals surface area (Å²) in [6.07, 6.45) is 0.791. The lowest BCUT2D eigenvalue weighted by Crippen LogP contribution is -2.14. The van der Waals surface area contributed by atoms with Crippen molar-refractivity contribution in [2.75, 3.05) is 5.32 Å². The third-order valence-corrected chi connectivity index (χ3v) is 3.54. The summed E-state index contributed by atoms with van der Waals surface area (Å²) in [7, 11) is 0. The zero-order chi connectivity index (χ0) is 14.1. The van der Waals surface area contributed by atoms with Crippen LogP contribution < -0.4 is 5.32 Å². The number of carbonyl (C=O) groups excluding carboxylic acids is 1. The third-order valence-electron chi connectivity index (χ3n) is 3.54. The molecule has 1 fully saturated rings. The lowest BCUT2D eigenvalue weighted by Gasteiger charge is -2.05. The van der Waals surface area contributed by atoms with Crippen LogP contribution in [0.4, 0.5) is 14.5 Å². The molecule has 1 N–H and O–H groups in total. The summed E-state index contributed by atoms with van der Waals surface area (Å²) in [5.74, 6) is -1.90. The van der Waals surface area contributed by atoms with E-state index in [4.69, 9.17) is 0 Å². The smallest absolute Gasteiger partial charge is 0.228 e. The third kappa shape index (κ3) is 2.54. The first kappa shape index (κ1) is 12.8. The molecule has 2 aromatic rings. The maximum Gasteiger partial charge on any atom is 0.228 e. The quantitative estimate of drug-likeness (QED) is 0.907. The molecule has 0 heterocycles. The van der Waals surface area contributed by atoms with Gasteiger partial charge in [0.25, 0.3) is 0 Å². The van der Waals surface area contributed by atoms with E-state index >= 15 is 0 Å². The second-order valence-electron chi connectivity index (χ2n) is 4.98. The number of anilines is 1. The van der Waals surface area contributed by atoms with E-state index in [9.17, 15) is 13.6 Å². The van der Waals surface area contributed by atoms with Crippen molar-refractivity contribution >= 4 is 11.6 Å². The number of halogens is 2. The maximum absolute atomic E-state index is 13.1. The SMILES string of the molecule is O=C(Nc1ccc(F)c(F)c1)[C@H]1C[C@H]1c1ccccc1. The van der Waals surface area contributed by atoms with Crippen molar-refractivity contribution in [2.24, 2.45) is 5.92 Å². The highest BCUT2D eigenvalue weighted by Gasteiger charge is 2.43. The van der Waals surface area contributed by atoms with E-state index in [-0.39, 0.29) is 23.4 Å². The highest BCUT2D eigenvalue weighted by atomic mass is 19.2. The molecule has 0 bridgehead atoms. The molecule has 102 valence electrons. The van der Waals surface area contributed by atoms with Crippen LogP contribution in [0.2, 0.25) is 0 Å². The predicted octanol–water partition coefficient (Wildman–Crippen LogP) is 3.71. The lowest BCUT2D eigenvalue weighted by molar-refractivity contribution is -0.117. The van der Waals surface area contributed by atoms with Gasteiger partial charge in [0.15, 0.2) is 11.6 Å². The minimum atomic E-state index is -0.960. The predicted molar refractivity (Wildman–Crippen MR) is 72.3 cm³/mol. The summed E-state index contributed by atoms with van der Waals surface area (Å²) >= 11 is 0. The largest absolute Gasteiger partial charge is 0.326 e. The Morgan fingerprint density at radius 1 is 1.05 bits per heavy atom. The van der Waals surface area contributed by atoms with Gasteiger partial charge in [-0.3, -0.25) is 4.79 Å². The van der Waals surface area contributed by atoms with Gasteiger partial charge in [0.2, 0.25) is 5.91 Å². The Balaban J connectivity index is 1.65. The van der Waals surface area contributed by atoms with Crippen molar-refractivity contribution < 1.29 is 13.6 Å². The Bertz CT molecular complexity index is 642. The van der Waals surface area contributed by atoms with E-state index in [1.54, 1.807) is 0 Å². The average Bonchev–Trinajstić information content (AvgIpc) is 3.24. The van der Waals surface area contributed by atoms with Gasteiger partial charge in [0, 0.05) is 17.7 Å². The molecule has 2 atom stereocenters. The van der Waals surface area contributed by atoms with E-state index in [0.29, 0.717) is 0 Å². The van der Waals surface area contributed by atoms with Gasteiger partial charge >= 0.3 is 0 Å². The van der Waals surface area contributed by atoms with Crippen LogP contribution in [0.1, 0.15) is 17.9 Å². The minimum absolute atomic E-state index is 0.0921. The van der Waals surface area contributed by atoms with Gasteiger partial charge in [0.05, 0.1) is 0 Å². The maximum atomic E-state index is 13.1. The molecule has 20 heavy (non-hydrogen) atoms.